The van der Waals surface area contributed by atoms with Crippen molar-refractivity contribution < 1.29 is 9.53 Å². The lowest BCUT2D eigenvalue weighted by molar-refractivity contribution is -0.123. The van der Waals surface area contributed by atoms with Crippen LogP contribution < -0.4 is 15.8 Å². The Kier molecular flexibility index (Phi) is 6.69. The van der Waals surface area contributed by atoms with Gasteiger partial charge in [-0.05, 0) is 39.2 Å². The number of hydrogen-bond acceptors (Lipinski definition) is 3. The van der Waals surface area contributed by atoms with Crippen LogP contribution in [0.1, 0.15) is 52.6 Å². The first-order valence-corrected chi connectivity index (χ1v) is 7.62. The molecule has 1 aromatic carbocycles. The van der Waals surface area contributed by atoms with Gasteiger partial charge in [-0.15, -0.1) is 0 Å². The molecule has 4 nitrogen and oxygen atoms in total. The fraction of sp³-hybridized carbons (Fsp3) is 0.588. The van der Waals surface area contributed by atoms with Crippen LogP contribution in [0, 0.1) is 5.92 Å². The van der Waals surface area contributed by atoms with Crippen molar-refractivity contribution in [3.63, 3.8) is 0 Å². The van der Waals surface area contributed by atoms with E-state index >= 15 is 0 Å². The van der Waals surface area contributed by atoms with Crippen molar-refractivity contribution >= 4 is 5.91 Å². The lowest BCUT2D eigenvalue weighted by Crippen LogP contribution is -2.42. The van der Waals surface area contributed by atoms with Crippen LogP contribution in [0.15, 0.2) is 24.3 Å². The molecule has 0 heterocycles. The van der Waals surface area contributed by atoms with E-state index in [1.54, 1.807) is 0 Å². The number of para-hydroxylation sites is 1. The largest absolute Gasteiger partial charge is 0.491 e. The normalized spacial score (nSPS) is 14.1. The zero-order valence-corrected chi connectivity index (χ0v) is 13.7. The van der Waals surface area contributed by atoms with Crippen molar-refractivity contribution in [3.8, 4) is 5.75 Å². The van der Waals surface area contributed by atoms with Gasteiger partial charge in [0.25, 0.3) is 0 Å². The smallest absolute Gasteiger partial charge is 0.237 e. The average Bonchev–Trinajstić information content (AvgIpc) is 2.37. The summed E-state index contributed by atoms with van der Waals surface area (Å²) < 4.78 is 5.79. The molecule has 0 spiro atoms. The Morgan fingerprint density at radius 1 is 1.19 bits per heavy atom. The Balaban J connectivity index is 2.75. The van der Waals surface area contributed by atoms with Gasteiger partial charge in [-0.2, -0.15) is 0 Å². The van der Waals surface area contributed by atoms with E-state index in [0.717, 1.165) is 11.3 Å². The molecular formula is C17H28N2O2. The molecule has 0 saturated heterocycles. The average molecular weight is 292 g/mol. The third-order valence-electron chi connectivity index (χ3n) is 3.17. The van der Waals surface area contributed by atoms with Crippen LogP contribution in [0.2, 0.25) is 0 Å². The first-order chi connectivity index (χ1) is 9.81. The molecule has 0 radical (unpaired) electrons. The molecular weight excluding hydrogens is 264 g/mol. The monoisotopic (exact) mass is 292 g/mol. The van der Waals surface area contributed by atoms with Crippen LogP contribution in [0.4, 0.5) is 0 Å². The van der Waals surface area contributed by atoms with Crippen molar-refractivity contribution in [2.24, 2.45) is 11.7 Å². The van der Waals surface area contributed by atoms with Crippen LogP contribution in [0.5, 0.6) is 5.75 Å². The Morgan fingerprint density at radius 2 is 1.81 bits per heavy atom. The molecule has 1 amide bonds. The molecule has 3 N–H and O–H groups in total. The molecule has 0 aromatic heterocycles. The molecule has 1 rings (SSSR count). The number of benzene rings is 1. The maximum atomic E-state index is 12.1. The summed E-state index contributed by atoms with van der Waals surface area (Å²) >= 11 is 0. The fourth-order valence-electron chi connectivity index (χ4n) is 2.21. The molecule has 4 heteroatoms. The topological polar surface area (TPSA) is 64.4 Å². The number of nitrogens with one attached hydrogen (secondary N) is 1. The van der Waals surface area contributed by atoms with Gasteiger partial charge < -0.3 is 15.8 Å². The van der Waals surface area contributed by atoms with Gasteiger partial charge in [0, 0.05) is 5.56 Å². The number of nitrogens with two attached hydrogens (primary N) is 1. The van der Waals surface area contributed by atoms with Gasteiger partial charge in [0.1, 0.15) is 5.75 Å². The minimum atomic E-state index is -0.467. The lowest BCUT2D eigenvalue weighted by Gasteiger charge is -2.22. The summed E-state index contributed by atoms with van der Waals surface area (Å²) in [6.45, 7) is 10.0. The highest BCUT2D eigenvalue weighted by atomic mass is 16.5. The first kappa shape index (κ1) is 17.5. The second kappa shape index (κ2) is 8.03. The number of rotatable bonds is 7. The Morgan fingerprint density at radius 3 is 2.38 bits per heavy atom. The van der Waals surface area contributed by atoms with Gasteiger partial charge >= 0.3 is 0 Å². The maximum absolute atomic E-state index is 12.1. The number of ether oxygens (including phenoxy) is 1. The third kappa shape index (κ3) is 5.76. The summed E-state index contributed by atoms with van der Waals surface area (Å²) in [7, 11) is 0. The van der Waals surface area contributed by atoms with E-state index in [1.807, 2.05) is 45.0 Å². The summed E-state index contributed by atoms with van der Waals surface area (Å²) in [6.07, 6.45) is 0.778. The standard InChI is InChI=1S/C17H28N2O2/c1-11(2)10-15(18)17(20)19-13(5)14-8-6-7-9-16(14)21-12(3)4/h6-9,11-13,15H,10,18H2,1-5H3,(H,19,20)/t13?,15-/m0/s1. The van der Waals surface area contributed by atoms with Crippen molar-refractivity contribution in [2.75, 3.05) is 0 Å². The fourth-order valence-corrected chi connectivity index (χ4v) is 2.21. The van der Waals surface area contributed by atoms with Crippen LogP contribution in [0.25, 0.3) is 0 Å². The Hall–Kier alpha value is -1.55. The zero-order chi connectivity index (χ0) is 16.0. The summed E-state index contributed by atoms with van der Waals surface area (Å²) in [5, 5.41) is 2.97. The lowest BCUT2D eigenvalue weighted by atomic mass is 10.0. The van der Waals surface area contributed by atoms with E-state index < -0.39 is 6.04 Å². The molecule has 1 unspecified atom stereocenters. The molecule has 1 aromatic rings. The van der Waals surface area contributed by atoms with E-state index in [0.29, 0.717) is 12.3 Å². The highest BCUT2D eigenvalue weighted by Crippen LogP contribution is 2.25. The number of carbonyl (C=O) groups is 1. The van der Waals surface area contributed by atoms with Crippen LogP contribution in [-0.2, 0) is 4.79 Å². The Bertz CT molecular complexity index is 458. The molecule has 0 bridgehead atoms. The molecule has 2 atom stereocenters. The number of amides is 1. The van der Waals surface area contributed by atoms with Crippen molar-refractivity contribution in [1.82, 2.24) is 5.32 Å². The predicted octanol–water partition coefficient (Wildman–Crippen LogP) is 3.02. The summed E-state index contributed by atoms with van der Waals surface area (Å²) in [5.74, 6) is 1.09. The molecule has 118 valence electrons. The van der Waals surface area contributed by atoms with Gasteiger partial charge in [0.2, 0.25) is 5.91 Å². The second-order valence-corrected chi connectivity index (χ2v) is 6.17. The molecule has 0 aliphatic carbocycles. The van der Waals surface area contributed by atoms with Crippen molar-refractivity contribution in [2.45, 2.75) is 59.2 Å². The van der Waals surface area contributed by atoms with Crippen LogP contribution in [-0.4, -0.2) is 18.1 Å². The van der Waals surface area contributed by atoms with Gasteiger partial charge in [-0.3, -0.25) is 4.79 Å². The van der Waals surface area contributed by atoms with E-state index in [4.69, 9.17) is 10.5 Å². The number of carbonyl (C=O) groups excluding carboxylic acids is 1. The summed E-state index contributed by atoms with van der Waals surface area (Å²) in [5.41, 5.74) is 6.89. The van der Waals surface area contributed by atoms with Crippen LogP contribution >= 0.6 is 0 Å². The van der Waals surface area contributed by atoms with Gasteiger partial charge in [0.15, 0.2) is 0 Å². The first-order valence-electron chi connectivity index (χ1n) is 7.62. The SMILES string of the molecule is CC(C)C[C@H](N)C(=O)NC(C)c1ccccc1OC(C)C. The summed E-state index contributed by atoms with van der Waals surface area (Å²) in [4.78, 5) is 12.1. The van der Waals surface area contributed by atoms with Gasteiger partial charge in [0.05, 0.1) is 18.2 Å². The highest BCUT2D eigenvalue weighted by molar-refractivity contribution is 5.81. The van der Waals surface area contributed by atoms with E-state index in [1.165, 1.54) is 0 Å². The second-order valence-electron chi connectivity index (χ2n) is 6.17. The molecule has 0 saturated carbocycles. The number of hydrogen-bond donors (Lipinski definition) is 2. The minimum Gasteiger partial charge on any atom is -0.491 e. The van der Waals surface area contributed by atoms with Gasteiger partial charge in [-0.25, -0.2) is 0 Å². The van der Waals surface area contributed by atoms with Crippen molar-refractivity contribution in [3.05, 3.63) is 29.8 Å². The third-order valence-corrected chi connectivity index (χ3v) is 3.17. The predicted molar refractivity (Wildman–Crippen MR) is 86.2 cm³/mol. The van der Waals surface area contributed by atoms with Gasteiger partial charge in [-0.1, -0.05) is 32.0 Å². The minimum absolute atomic E-state index is 0.0947. The van der Waals surface area contributed by atoms with Crippen molar-refractivity contribution in [1.29, 1.82) is 0 Å². The zero-order valence-electron chi connectivity index (χ0n) is 13.7. The molecule has 0 fully saturated rings. The molecule has 0 aliphatic rings. The molecule has 21 heavy (non-hydrogen) atoms. The van der Waals surface area contributed by atoms with E-state index in [-0.39, 0.29) is 18.1 Å². The quantitative estimate of drug-likeness (QED) is 0.812. The van der Waals surface area contributed by atoms with E-state index in [2.05, 4.69) is 19.2 Å². The molecule has 0 aliphatic heterocycles. The van der Waals surface area contributed by atoms with E-state index in [9.17, 15) is 4.79 Å². The Labute approximate surface area is 128 Å². The maximum Gasteiger partial charge on any atom is 0.237 e. The highest BCUT2D eigenvalue weighted by Gasteiger charge is 2.19. The summed E-state index contributed by atoms with van der Waals surface area (Å²) in [6, 6.07) is 7.17. The van der Waals surface area contributed by atoms with Crippen LogP contribution in [0.3, 0.4) is 0 Å².